The number of benzene rings is 1. The van der Waals surface area contributed by atoms with Crippen LogP contribution in [0.15, 0.2) is 55.0 Å². The minimum atomic E-state index is 0.0712. The van der Waals surface area contributed by atoms with Gasteiger partial charge in [-0.05, 0) is 30.3 Å². The summed E-state index contributed by atoms with van der Waals surface area (Å²) in [5.74, 6) is 0.930. The molecule has 1 amide bonds. The predicted molar refractivity (Wildman–Crippen MR) is 90.5 cm³/mol. The van der Waals surface area contributed by atoms with E-state index in [-0.39, 0.29) is 5.91 Å². The van der Waals surface area contributed by atoms with Crippen LogP contribution < -0.4 is 10.1 Å². The van der Waals surface area contributed by atoms with Crippen LogP contribution in [-0.4, -0.2) is 28.7 Å². The summed E-state index contributed by atoms with van der Waals surface area (Å²) < 4.78 is 9.49. The van der Waals surface area contributed by atoms with Crippen LogP contribution in [0.3, 0.4) is 0 Å². The molecule has 23 heavy (non-hydrogen) atoms. The van der Waals surface area contributed by atoms with Crippen molar-refractivity contribution in [2.24, 2.45) is 0 Å². The third-order valence-electron chi connectivity index (χ3n) is 3.93. The fourth-order valence-corrected chi connectivity index (χ4v) is 2.72. The first-order valence-electron chi connectivity index (χ1n) is 7.77. The number of aromatic nitrogens is 2. The van der Waals surface area contributed by atoms with Gasteiger partial charge in [0, 0.05) is 50.0 Å². The number of amides is 1. The van der Waals surface area contributed by atoms with Crippen molar-refractivity contribution in [1.29, 1.82) is 0 Å². The Labute approximate surface area is 135 Å². The number of carbonyl (C=O) groups is 1. The van der Waals surface area contributed by atoms with Gasteiger partial charge in [-0.3, -0.25) is 4.79 Å². The maximum Gasteiger partial charge on any atom is 0.221 e. The Bertz CT molecular complexity index is 775. The Balaban J connectivity index is 1.53. The summed E-state index contributed by atoms with van der Waals surface area (Å²) in [4.78, 5) is 12.0. The number of nitrogens with one attached hydrogen (secondary N) is 1. The lowest BCUT2D eigenvalue weighted by atomic mass is 10.2. The number of methoxy groups -OCH3 is 1. The molecule has 5 heteroatoms. The van der Waals surface area contributed by atoms with Crippen LogP contribution in [0.5, 0.6) is 5.75 Å². The van der Waals surface area contributed by atoms with E-state index in [0.717, 1.165) is 23.2 Å². The molecule has 3 rings (SSSR count). The minimum Gasteiger partial charge on any atom is -0.496 e. The Hall–Kier alpha value is -2.69. The number of hydrogen-bond donors (Lipinski definition) is 1. The third-order valence-corrected chi connectivity index (χ3v) is 3.93. The Morgan fingerprint density at radius 1 is 1.09 bits per heavy atom. The molecule has 0 aliphatic heterocycles. The van der Waals surface area contributed by atoms with Gasteiger partial charge in [0.15, 0.2) is 0 Å². The highest BCUT2D eigenvalue weighted by atomic mass is 16.5. The molecule has 1 N–H and O–H groups in total. The number of fused-ring (bicyclic) bond motifs is 1. The van der Waals surface area contributed by atoms with Gasteiger partial charge in [0.05, 0.1) is 12.6 Å². The van der Waals surface area contributed by atoms with Crippen molar-refractivity contribution in [3.8, 4) is 5.75 Å². The highest BCUT2D eigenvalue weighted by Crippen LogP contribution is 2.26. The highest BCUT2D eigenvalue weighted by molar-refractivity contribution is 5.86. The first-order chi connectivity index (χ1) is 11.3. The number of hydrogen-bond acceptors (Lipinski definition) is 2. The summed E-state index contributed by atoms with van der Waals surface area (Å²) in [7, 11) is 1.67. The van der Waals surface area contributed by atoms with E-state index in [1.54, 1.807) is 7.11 Å². The molecular formula is C18H21N3O2. The monoisotopic (exact) mass is 311 g/mol. The zero-order valence-electron chi connectivity index (χ0n) is 13.2. The second kappa shape index (κ2) is 7.05. The summed E-state index contributed by atoms with van der Waals surface area (Å²) in [5, 5.41) is 4.03. The highest BCUT2D eigenvalue weighted by Gasteiger charge is 2.07. The fourth-order valence-electron chi connectivity index (χ4n) is 2.72. The van der Waals surface area contributed by atoms with Gasteiger partial charge in [0.2, 0.25) is 5.91 Å². The van der Waals surface area contributed by atoms with Crippen molar-refractivity contribution in [3.05, 3.63) is 55.0 Å². The molecule has 0 spiro atoms. The number of aryl methyl sites for hydroxylation is 1. The molecule has 5 nitrogen and oxygen atoms in total. The van der Waals surface area contributed by atoms with E-state index in [4.69, 9.17) is 4.74 Å². The molecule has 3 aromatic rings. The molecule has 0 atom stereocenters. The first kappa shape index (κ1) is 15.2. The second-order valence-corrected chi connectivity index (χ2v) is 5.42. The molecule has 120 valence electrons. The predicted octanol–water partition coefficient (Wildman–Crippen LogP) is 2.66. The van der Waals surface area contributed by atoms with E-state index in [2.05, 4.69) is 9.88 Å². The molecule has 0 bridgehead atoms. The second-order valence-electron chi connectivity index (χ2n) is 5.42. The maximum atomic E-state index is 12.0. The maximum absolute atomic E-state index is 12.0. The quantitative estimate of drug-likeness (QED) is 0.729. The summed E-state index contributed by atoms with van der Waals surface area (Å²) >= 11 is 0. The van der Waals surface area contributed by atoms with Gasteiger partial charge in [0.1, 0.15) is 5.75 Å². The van der Waals surface area contributed by atoms with Crippen LogP contribution in [0.2, 0.25) is 0 Å². The Morgan fingerprint density at radius 3 is 2.70 bits per heavy atom. The Kier molecular flexibility index (Phi) is 4.66. The lowest BCUT2D eigenvalue weighted by molar-refractivity contribution is -0.121. The standard InChI is InChI=1S/C18H21N3O2/c1-23-17-6-4-5-16-15(17)7-12-21(16)13-8-18(22)19-9-14-20-10-2-3-11-20/h2-7,10-12H,8-9,13-14H2,1H3,(H,19,22). The number of nitrogens with zero attached hydrogens (tertiary/aromatic N) is 2. The molecule has 0 saturated carbocycles. The van der Waals surface area contributed by atoms with Crippen LogP contribution in [0.1, 0.15) is 6.42 Å². The molecule has 0 aliphatic carbocycles. The van der Waals surface area contributed by atoms with Crippen molar-refractivity contribution in [3.63, 3.8) is 0 Å². The van der Waals surface area contributed by atoms with E-state index >= 15 is 0 Å². The van der Waals surface area contributed by atoms with E-state index < -0.39 is 0 Å². The summed E-state index contributed by atoms with van der Waals surface area (Å²) in [6.45, 7) is 2.10. The van der Waals surface area contributed by atoms with Gasteiger partial charge in [0.25, 0.3) is 0 Å². The van der Waals surface area contributed by atoms with E-state index in [0.29, 0.717) is 19.5 Å². The summed E-state index contributed by atoms with van der Waals surface area (Å²) in [6, 6.07) is 11.9. The van der Waals surface area contributed by atoms with Crippen molar-refractivity contribution < 1.29 is 9.53 Å². The topological polar surface area (TPSA) is 48.2 Å². The number of rotatable bonds is 7. The van der Waals surface area contributed by atoms with Crippen molar-refractivity contribution in [2.75, 3.05) is 13.7 Å². The van der Waals surface area contributed by atoms with Gasteiger partial charge in [-0.1, -0.05) is 6.07 Å². The largest absolute Gasteiger partial charge is 0.496 e. The van der Waals surface area contributed by atoms with Crippen LogP contribution in [0.25, 0.3) is 10.9 Å². The van der Waals surface area contributed by atoms with Crippen molar-refractivity contribution >= 4 is 16.8 Å². The number of carbonyl (C=O) groups excluding carboxylic acids is 1. The van der Waals surface area contributed by atoms with E-state index in [1.165, 1.54) is 0 Å². The Morgan fingerprint density at radius 2 is 1.91 bits per heavy atom. The molecule has 0 saturated heterocycles. The summed E-state index contributed by atoms with van der Waals surface area (Å²) in [6.07, 6.45) is 6.45. The molecule has 0 unspecified atom stereocenters. The zero-order chi connectivity index (χ0) is 16.1. The van der Waals surface area contributed by atoms with Crippen LogP contribution in [0.4, 0.5) is 0 Å². The van der Waals surface area contributed by atoms with Crippen LogP contribution in [-0.2, 0) is 17.9 Å². The third kappa shape index (κ3) is 3.56. The van der Waals surface area contributed by atoms with E-state index in [1.807, 2.05) is 59.6 Å². The molecule has 1 aromatic carbocycles. The fraction of sp³-hybridized carbons (Fsp3) is 0.278. The van der Waals surface area contributed by atoms with Gasteiger partial charge < -0.3 is 19.2 Å². The van der Waals surface area contributed by atoms with Gasteiger partial charge in [-0.2, -0.15) is 0 Å². The van der Waals surface area contributed by atoms with Crippen LogP contribution in [0, 0.1) is 0 Å². The average molecular weight is 311 g/mol. The normalized spacial score (nSPS) is 10.8. The van der Waals surface area contributed by atoms with Gasteiger partial charge in [-0.25, -0.2) is 0 Å². The summed E-state index contributed by atoms with van der Waals surface area (Å²) in [5.41, 5.74) is 1.09. The smallest absolute Gasteiger partial charge is 0.221 e. The van der Waals surface area contributed by atoms with Gasteiger partial charge >= 0.3 is 0 Å². The first-order valence-corrected chi connectivity index (χ1v) is 7.77. The molecule has 0 fully saturated rings. The average Bonchev–Trinajstić information content (AvgIpc) is 3.22. The molecule has 0 aliphatic rings. The lowest BCUT2D eigenvalue weighted by Gasteiger charge is -2.08. The zero-order valence-corrected chi connectivity index (χ0v) is 13.2. The minimum absolute atomic E-state index is 0.0712. The SMILES string of the molecule is COc1cccc2c1ccn2CCC(=O)NCCn1cccc1. The van der Waals surface area contributed by atoms with Gasteiger partial charge in [-0.15, -0.1) is 0 Å². The van der Waals surface area contributed by atoms with Crippen molar-refractivity contribution in [1.82, 2.24) is 14.5 Å². The van der Waals surface area contributed by atoms with E-state index in [9.17, 15) is 4.79 Å². The molecule has 0 radical (unpaired) electrons. The lowest BCUT2D eigenvalue weighted by Crippen LogP contribution is -2.27. The van der Waals surface area contributed by atoms with Crippen molar-refractivity contribution in [2.45, 2.75) is 19.5 Å². The molecular weight excluding hydrogens is 290 g/mol. The van der Waals surface area contributed by atoms with Crippen LogP contribution >= 0.6 is 0 Å². The molecule has 2 heterocycles. The molecule has 2 aromatic heterocycles. The number of ether oxygens (including phenoxy) is 1.